The van der Waals surface area contributed by atoms with Gasteiger partial charge in [0.1, 0.15) is 10.9 Å². The number of fused-ring (bicyclic) bond motifs is 2. The Hall–Kier alpha value is -3.09. The average Bonchev–Trinajstić information content (AvgIpc) is 3.41. The molecule has 43 heavy (non-hydrogen) atoms. The first-order valence-corrected chi connectivity index (χ1v) is 17.3. The number of likely N-dealkylation sites (tertiary alicyclic amines) is 1. The van der Waals surface area contributed by atoms with Gasteiger partial charge in [0.15, 0.2) is 0 Å². The zero-order chi connectivity index (χ0) is 30.6. The molecule has 232 valence electrons. The van der Waals surface area contributed by atoms with E-state index in [1.807, 2.05) is 30.3 Å². The fourth-order valence-electron chi connectivity index (χ4n) is 6.05. The highest BCUT2D eigenvalue weighted by Gasteiger charge is 2.35. The number of alkyl halides is 1. The first-order chi connectivity index (χ1) is 20.7. The minimum Gasteiger partial charge on any atom is -0.481 e. The smallest absolute Gasteiger partial charge is 0.303 e. The summed E-state index contributed by atoms with van der Waals surface area (Å²) in [5.41, 5.74) is 2.77. The van der Waals surface area contributed by atoms with Crippen molar-refractivity contribution in [2.24, 2.45) is 11.8 Å². The number of carboxylic acid groups (broad SMARTS) is 1. The minimum absolute atomic E-state index is 0.0312. The average molecular weight is 631 g/mol. The molecule has 12 heteroatoms. The van der Waals surface area contributed by atoms with Crippen molar-refractivity contribution in [2.45, 2.75) is 69.2 Å². The molecule has 0 spiro atoms. The Kier molecular flexibility index (Phi) is 9.98. The number of para-hydroxylation sites is 1. The molecule has 1 amide bonds. The Balaban J connectivity index is 1.47. The number of sulfonamides is 1. The standard InChI is InChI=1S/C31H39FN4O5S2/c1-2-20-15-23-16-22(7-8-29(37)38)17-27(30(23)33-19-20)43(40,41)35-25(18-28-34-24-5-3-4-6-26(24)42-28)31(39)36-13-10-21(9-12-32)11-14-36/h3-6,16-17,20-21,25,33,35H,2,7-15,18-19H2,1H3,(H,37,38)/t20-,25-/m0/s1. The summed E-state index contributed by atoms with van der Waals surface area (Å²) in [6, 6.07) is 9.97. The molecule has 0 bridgehead atoms. The van der Waals surface area contributed by atoms with Gasteiger partial charge in [-0.15, -0.1) is 11.3 Å². The van der Waals surface area contributed by atoms with E-state index in [4.69, 9.17) is 0 Å². The van der Waals surface area contributed by atoms with Crippen LogP contribution in [0.15, 0.2) is 41.3 Å². The molecular formula is C31H39FN4O5S2. The lowest BCUT2D eigenvalue weighted by atomic mass is 9.90. The Bertz CT molecular complexity index is 1540. The van der Waals surface area contributed by atoms with Crippen LogP contribution in [0, 0.1) is 11.8 Å². The number of aromatic nitrogens is 1. The highest BCUT2D eigenvalue weighted by molar-refractivity contribution is 7.89. The van der Waals surface area contributed by atoms with Gasteiger partial charge < -0.3 is 15.3 Å². The third kappa shape index (κ3) is 7.53. The van der Waals surface area contributed by atoms with E-state index in [-0.39, 0.29) is 42.7 Å². The number of rotatable bonds is 12. The Morgan fingerprint density at radius 2 is 1.98 bits per heavy atom. The maximum absolute atomic E-state index is 14.1. The maximum Gasteiger partial charge on any atom is 0.303 e. The van der Waals surface area contributed by atoms with Crippen molar-refractivity contribution in [1.82, 2.24) is 14.6 Å². The number of anilines is 1. The van der Waals surface area contributed by atoms with Crippen LogP contribution in [0.2, 0.25) is 0 Å². The van der Waals surface area contributed by atoms with Crippen LogP contribution in [-0.4, -0.2) is 67.6 Å². The second-order valence-corrected chi connectivity index (χ2v) is 14.4. The fraction of sp³-hybridized carbons (Fsp3) is 0.516. The molecule has 2 atom stereocenters. The van der Waals surface area contributed by atoms with Gasteiger partial charge in [-0.1, -0.05) is 31.5 Å². The van der Waals surface area contributed by atoms with Crippen molar-refractivity contribution in [1.29, 1.82) is 0 Å². The lowest BCUT2D eigenvalue weighted by Crippen LogP contribution is -2.51. The molecule has 2 aliphatic heterocycles. The lowest BCUT2D eigenvalue weighted by molar-refractivity contribution is -0.137. The van der Waals surface area contributed by atoms with Crippen LogP contribution < -0.4 is 10.0 Å². The quantitative estimate of drug-likeness (QED) is 0.262. The zero-order valence-electron chi connectivity index (χ0n) is 24.4. The third-order valence-corrected chi connectivity index (χ3v) is 11.1. The van der Waals surface area contributed by atoms with E-state index in [9.17, 15) is 27.5 Å². The summed E-state index contributed by atoms with van der Waals surface area (Å²) in [5.74, 6) is -0.732. The van der Waals surface area contributed by atoms with E-state index in [1.165, 1.54) is 17.4 Å². The Labute approximate surface area is 255 Å². The summed E-state index contributed by atoms with van der Waals surface area (Å²) in [4.78, 5) is 31.6. The highest BCUT2D eigenvalue weighted by Crippen LogP contribution is 2.35. The number of hydrogen-bond donors (Lipinski definition) is 3. The number of aliphatic carboxylic acids is 1. The SMILES string of the molecule is CC[C@@H]1CNc2c(cc(CCC(=O)O)cc2S(=O)(=O)N[C@@H](Cc2nc3ccccc3s2)C(=O)N2CCC(CCF)CC2)C1. The number of nitrogens with one attached hydrogen (secondary N) is 2. The predicted octanol–water partition coefficient (Wildman–Crippen LogP) is 4.80. The monoisotopic (exact) mass is 630 g/mol. The van der Waals surface area contributed by atoms with E-state index in [0.29, 0.717) is 67.5 Å². The van der Waals surface area contributed by atoms with Gasteiger partial charge in [-0.2, -0.15) is 4.72 Å². The predicted molar refractivity (Wildman–Crippen MR) is 166 cm³/mol. The van der Waals surface area contributed by atoms with Gasteiger partial charge in [0.05, 0.1) is 27.6 Å². The molecule has 3 N–H and O–H groups in total. The molecule has 0 unspecified atom stereocenters. The number of thiazole rings is 1. The Morgan fingerprint density at radius 3 is 2.67 bits per heavy atom. The number of nitrogens with zero attached hydrogens (tertiary/aromatic N) is 2. The largest absolute Gasteiger partial charge is 0.481 e. The summed E-state index contributed by atoms with van der Waals surface area (Å²) >= 11 is 1.43. The van der Waals surface area contributed by atoms with Gasteiger partial charge in [-0.05, 0) is 73.3 Å². The second kappa shape index (κ2) is 13.7. The van der Waals surface area contributed by atoms with Crippen molar-refractivity contribution in [2.75, 3.05) is 31.6 Å². The fourth-order valence-corrected chi connectivity index (χ4v) is 8.53. The minimum atomic E-state index is -4.22. The number of carboxylic acids is 1. The molecule has 3 heterocycles. The topological polar surface area (TPSA) is 129 Å². The number of carbonyl (C=O) groups is 2. The number of halogens is 1. The van der Waals surface area contributed by atoms with E-state index in [0.717, 1.165) is 22.2 Å². The van der Waals surface area contributed by atoms with Crippen LogP contribution in [0.1, 0.15) is 55.2 Å². The van der Waals surface area contributed by atoms with Gasteiger partial charge >= 0.3 is 5.97 Å². The molecular weight excluding hydrogens is 591 g/mol. The van der Waals surface area contributed by atoms with E-state index in [2.05, 4.69) is 21.9 Å². The molecule has 0 aliphatic carbocycles. The van der Waals surface area contributed by atoms with Gasteiger partial charge in [0.2, 0.25) is 15.9 Å². The molecule has 2 aliphatic rings. The molecule has 1 saturated heterocycles. The van der Waals surface area contributed by atoms with Gasteiger partial charge in [-0.3, -0.25) is 14.0 Å². The van der Waals surface area contributed by atoms with Crippen molar-refractivity contribution in [3.8, 4) is 0 Å². The molecule has 3 aromatic rings. The van der Waals surface area contributed by atoms with Crippen LogP contribution in [0.4, 0.5) is 10.1 Å². The second-order valence-electron chi connectivity index (χ2n) is 11.6. The summed E-state index contributed by atoms with van der Waals surface area (Å²) in [7, 11) is -4.22. The first-order valence-electron chi connectivity index (χ1n) is 15.0. The maximum atomic E-state index is 14.1. The van der Waals surface area contributed by atoms with Gasteiger partial charge in [-0.25, -0.2) is 13.4 Å². The van der Waals surface area contributed by atoms with Gasteiger partial charge in [0.25, 0.3) is 0 Å². The lowest BCUT2D eigenvalue weighted by Gasteiger charge is -2.34. The van der Waals surface area contributed by atoms with Crippen LogP contribution in [0.5, 0.6) is 0 Å². The number of amides is 1. The number of hydrogen-bond acceptors (Lipinski definition) is 7. The number of piperidine rings is 1. The highest BCUT2D eigenvalue weighted by atomic mass is 32.2. The van der Waals surface area contributed by atoms with Crippen molar-refractivity contribution < 1.29 is 27.5 Å². The van der Waals surface area contributed by atoms with Crippen molar-refractivity contribution in [3.05, 3.63) is 52.5 Å². The van der Waals surface area contributed by atoms with E-state index >= 15 is 0 Å². The molecule has 1 aromatic heterocycles. The summed E-state index contributed by atoms with van der Waals surface area (Å²) in [6.07, 6.45) is 3.61. The zero-order valence-corrected chi connectivity index (χ0v) is 26.0. The number of aryl methyl sites for hydroxylation is 1. The molecule has 0 saturated carbocycles. The molecule has 9 nitrogen and oxygen atoms in total. The summed E-state index contributed by atoms with van der Waals surface area (Å²) < 4.78 is 44.9. The molecule has 1 fully saturated rings. The van der Waals surface area contributed by atoms with E-state index < -0.39 is 22.0 Å². The molecule has 2 aromatic carbocycles. The normalized spacial score (nSPS) is 18.3. The summed E-state index contributed by atoms with van der Waals surface area (Å²) in [6.45, 7) is 3.22. The van der Waals surface area contributed by atoms with Crippen LogP contribution >= 0.6 is 11.3 Å². The number of carbonyl (C=O) groups excluding carboxylic acids is 1. The van der Waals surface area contributed by atoms with Crippen molar-refractivity contribution in [3.63, 3.8) is 0 Å². The molecule has 0 radical (unpaired) electrons. The first kappa shape index (κ1) is 31.3. The summed E-state index contributed by atoms with van der Waals surface area (Å²) in [5, 5.41) is 13.2. The third-order valence-electron chi connectivity index (χ3n) is 8.57. The van der Waals surface area contributed by atoms with Crippen LogP contribution in [0.25, 0.3) is 10.2 Å². The van der Waals surface area contributed by atoms with Crippen LogP contribution in [0.3, 0.4) is 0 Å². The van der Waals surface area contributed by atoms with E-state index in [1.54, 1.807) is 4.90 Å². The Morgan fingerprint density at radius 1 is 1.21 bits per heavy atom. The van der Waals surface area contributed by atoms with Crippen LogP contribution in [-0.2, 0) is 38.9 Å². The molecule has 5 rings (SSSR count). The van der Waals surface area contributed by atoms with Crippen molar-refractivity contribution >= 4 is 49.1 Å². The number of benzene rings is 2. The van der Waals surface area contributed by atoms with Gasteiger partial charge in [0, 0.05) is 32.5 Å².